The van der Waals surface area contributed by atoms with Crippen molar-refractivity contribution in [2.24, 2.45) is 5.92 Å². The van der Waals surface area contributed by atoms with E-state index in [2.05, 4.69) is 21.7 Å². The highest BCUT2D eigenvalue weighted by Gasteiger charge is 2.26. The minimum atomic E-state index is -0.581. The largest absolute Gasteiger partial charge is 0.361 e. The average Bonchev–Trinajstić information content (AvgIpc) is 3.11. The van der Waals surface area contributed by atoms with Gasteiger partial charge < -0.3 is 15.6 Å². The molecular weight excluding hydrogens is 386 g/mol. The standard InChI is InChI=1S/C23H26ClN3O2/c1-14(2)22(27-15(3)28)23(29)26-13-18(16-8-4-6-10-20(16)24)19-12-25-21-11-7-5-9-17(19)21/h4-12,14,18,22,25H,13H2,1-3H3,(H,26,29)(H,27,28)/t18-,22+/m1/s1. The lowest BCUT2D eigenvalue weighted by Gasteiger charge is -2.24. The van der Waals surface area contributed by atoms with Gasteiger partial charge in [-0.3, -0.25) is 9.59 Å². The van der Waals surface area contributed by atoms with Crippen LogP contribution in [0.25, 0.3) is 10.9 Å². The van der Waals surface area contributed by atoms with E-state index in [1.807, 2.05) is 62.5 Å². The summed E-state index contributed by atoms with van der Waals surface area (Å²) in [5.74, 6) is -0.579. The second-order valence-electron chi connectivity index (χ2n) is 7.53. The van der Waals surface area contributed by atoms with Crippen LogP contribution in [-0.2, 0) is 9.59 Å². The molecule has 0 radical (unpaired) electrons. The van der Waals surface area contributed by atoms with Gasteiger partial charge in [0, 0.05) is 41.5 Å². The molecule has 0 aliphatic rings. The minimum Gasteiger partial charge on any atom is -0.361 e. The number of hydrogen-bond acceptors (Lipinski definition) is 2. The van der Waals surface area contributed by atoms with Gasteiger partial charge in [0.15, 0.2) is 0 Å². The first-order valence-electron chi connectivity index (χ1n) is 9.73. The van der Waals surface area contributed by atoms with Crippen molar-refractivity contribution in [3.05, 3.63) is 70.9 Å². The molecule has 6 heteroatoms. The van der Waals surface area contributed by atoms with E-state index in [1.54, 1.807) is 0 Å². The number of fused-ring (bicyclic) bond motifs is 1. The molecule has 0 bridgehead atoms. The monoisotopic (exact) mass is 411 g/mol. The first-order chi connectivity index (χ1) is 13.9. The topological polar surface area (TPSA) is 74.0 Å². The van der Waals surface area contributed by atoms with Gasteiger partial charge in [-0.05, 0) is 29.2 Å². The molecule has 0 aliphatic heterocycles. The molecule has 152 valence electrons. The molecule has 29 heavy (non-hydrogen) atoms. The summed E-state index contributed by atoms with van der Waals surface area (Å²) in [6, 6.07) is 15.1. The number of amides is 2. The van der Waals surface area contributed by atoms with Crippen LogP contribution in [0.5, 0.6) is 0 Å². The molecule has 2 amide bonds. The predicted molar refractivity (Wildman–Crippen MR) is 117 cm³/mol. The van der Waals surface area contributed by atoms with Gasteiger partial charge in [0.25, 0.3) is 0 Å². The molecule has 0 saturated carbocycles. The molecule has 2 atom stereocenters. The van der Waals surface area contributed by atoms with Crippen molar-refractivity contribution >= 4 is 34.3 Å². The number of rotatable bonds is 7. The Hall–Kier alpha value is -2.79. The summed E-state index contributed by atoms with van der Waals surface area (Å²) in [5, 5.41) is 7.50. The van der Waals surface area contributed by atoms with E-state index < -0.39 is 6.04 Å². The lowest BCUT2D eigenvalue weighted by molar-refractivity contribution is -0.129. The fourth-order valence-corrected chi connectivity index (χ4v) is 3.86. The fraction of sp³-hybridized carbons (Fsp3) is 0.304. The van der Waals surface area contributed by atoms with Crippen molar-refractivity contribution in [3.63, 3.8) is 0 Å². The molecule has 1 aromatic heterocycles. The highest BCUT2D eigenvalue weighted by molar-refractivity contribution is 6.31. The van der Waals surface area contributed by atoms with E-state index >= 15 is 0 Å². The van der Waals surface area contributed by atoms with Crippen LogP contribution in [0.1, 0.15) is 37.8 Å². The van der Waals surface area contributed by atoms with Crippen molar-refractivity contribution < 1.29 is 9.59 Å². The van der Waals surface area contributed by atoms with Crippen molar-refractivity contribution in [1.29, 1.82) is 0 Å². The van der Waals surface area contributed by atoms with Crippen molar-refractivity contribution in [1.82, 2.24) is 15.6 Å². The zero-order chi connectivity index (χ0) is 21.0. The Kier molecular flexibility index (Phi) is 6.60. The van der Waals surface area contributed by atoms with Crippen molar-refractivity contribution in [2.45, 2.75) is 32.7 Å². The Morgan fingerprint density at radius 1 is 1.03 bits per heavy atom. The summed E-state index contributed by atoms with van der Waals surface area (Å²) in [4.78, 5) is 27.6. The lowest BCUT2D eigenvalue weighted by Crippen LogP contribution is -2.49. The molecule has 0 saturated heterocycles. The van der Waals surface area contributed by atoms with E-state index in [0.29, 0.717) is 11.6 Å². The van der Waals surface area contributed by atoms with Crippen LogP contribution in [0.2, 0.25) is 5.02 Å². The smallest absolute Gasteiger partial charge is 0.242 e. The third-order valence-corrected chi connectivity index (χ3v) is 5.41. The summed E-state index contributed by atoms with van der Waals surface area (Å²) in [7, 11) is 0. The maximum atomic E-state index is 12.8. The average molecular weight is 412 g/mol. The molecule has 3 N–H and O–H groups in total. The second kappa shape index (κ2) is 9.14. The summed E-state index contributed by atoms with van der Waals surface area (Å²) in [6.07, 6.45) is 1.97. The molecule has 0 spiro atoms. The second-order valence-corrected chi connectivity index (χ2v) is 7.94. The number of benzene rings is 2. The molecule has 2 aromatic carbocycles. The number of carbonyl (C=O) groups excluding carboxylic acids is 2. The zero-order valence-corrected chi connectivity index (χ0v) is 17.6. The number of aromatic nitrogens is 1. The molecule has 0 fully saturated rings. The summed E-state index contributed by atoms with van der Waals surface area (Å²) >= 11 is 6.50. The summed E-state index contributed by atoms with van der Waals surface area (Å²) < 4.78 is 0. The number of aromatic amines is 1. The van der Waals surface area contributed by atoms with E-state index in [0.717, 1.165) is 22.0 Å². The minimum absolute atomic E-state index is 0.0225. The van der Waals surface area contributed by atoms with Gasteiger partial charge in [0.05, 0.1) is 0 Å². The normalized spacial score (nSPS) is 13.3. The van der Waals surface area contributed by atoms with Crippen LogP contribution >= 0.6 is 11.6 Å². The van der Waals surface area contributed by atoms with Crippen LogP contribution in [0.4, 0.5) is 0 Å². The number of carbonyl (C=O) groups is 2. The predicted octanol–water partition coefficient (Wildman–Crippen LogP) is 4.23. The first kappa shape index (κ1) is 20.9. The molecular formula is C23H26ClN3O2. The van der Waals surface area contributed by atoms with E-state index in [-0.39, 0.29) is 23.7 Å². The highest BCUT2D eigenvalue weighted by atomic mass is 35.5. The van der Waals surface area contributed by atoms with Crippen molar-refractivity contribution in [3.8, 4) is 0 Å². The maximum absolute atomic E-state index is 12.8. The van der Waals surface area contributed by atoms with Gasteiger partial charge in [-0.15, -0.1) is 0 Å². The molecule has 5 nitrogen and oxygen atoms in total. The van der Waals surface area contributed by atoms with Gasteiger partial charge in [0.2, 0.25) is 11.8 Å². The molecule has 3 aromatic rings. The quantitative estimate of drug-likeness (QED) is 0.544. The Morgan fingerprint density at radius 3 is 2.41 bits per heavy atom. The highest BCUT2D eigenvalue weighted by Crippen LogP contribution is 2.34. The number of nitrogens with one attached hydrogen (secondary N) is 3. The number of para-hydroxylation sites is 1. The fourth-order valence-electron chi connectivity index (χ4n) is 3.59. The first-order valence-corrected chi connectivity index (χ1v) is 10.1. The van der Waals surface area contributed by atoms with E-state index in [9.17, 15) is 9.59 Å². The van der Waals surface area contributed by atoms with Crippen LogP contribution in [-0.4, -0.2) is 29.4 Å². The molecule has 0 aliphatic carbocycles. The third kappa shape index (κ3) is 4.80. The van der Waals surface area contributed by atoms with Crippen LogP contribution in [0.3, 0.4) is 0 Å². The van der Waals surface area contributed by atoms with Crippen molar-refractivity contribution in [2.75, 3.05) is 6.54 Å². The molecule has 0 unspecified atom stereocenters. The van der Waals surface area contributed by atoms with E-state index in [1.165, 1.54) is 6.92 Å². The number of hydrogen-bond donors (Lipinski definition) is 3. The Morgan fingerprint density at radius 2 is 1.72 bits per heavy atom. The van der Waals surface area contributed by atoms with Gasteiger partial charge in [-0.25, -0.2) is 0 Å². The SMILES string of the molecule is CC(=O)N[C@H](C(=O)NC[C@H](c1ccccc1Cl)c1c[nH]c2ccccc12)C(C)C. The Bertz CT molecular complexity index is 1010. The van der Waals surface area contributed by atoms with E-state index in [4.69, 9.17) is 11.6 Å². The van der Waals surface area contributed by atoms with Gasteiger partial charge in [-0.1, -0.05) is 61.8 Å². The van der Waals surface area contributed by atoms with Gasteiger partial charge >= 0.3 is 0 Å². The summed E-state index contributed by atoms with van der Waals surface area (Å²) in [6.45, 7) is 5.60. The number of H-pyrrole nitrogens is 1. The zero-order valence-electron chi connectivity index (χ0n) is 16.8. The summed E-state index contributed by atoms with van der Waals surface area (Å²) in [5.41, 5.74) is 3.04. The third-order valence-electron chi connectivity index (χ3n) is 5.07. The lowest BCUT2D eigenvalue weighted by atomic mass is 9.90. The van der Waals surface area contributed by atoms with Gasteiger partial charge in [-0.2, -0.15) is 0 Å². The Balaban J connectivity index is 1.92. The van der Waals surface area contributed by atoms with Crippen LogP contribution < -0.4 is 10.6 Å². The van der Waals surface area contributed by atoms with Crippen LogP contribution in [0.15, 0.2) is 54.7 Å². The molecule has 1 heterocycles. The van der Waals surface area contributed by atoms with Gasteiger partial charge in [0.1, 0.15) is 6.04 Å². The molecule has 3 rings (SSSR count). The number of halogens is 1. The maximum Gasteiger partial charge on any atom is 0.242 e. The Labute approximate surface area is 175 Å². The van der Waals surface area contributed by atoms with Crippen LogP contribution in [0, 0.1) is 5.92 Å².